The van der Waals surface area contributed by atoms with Gasteiger partial charge in [0.15, 0.2) is 0 Å². The summed E-state index contributed by atoms with van der Waals surface area (Å²) in [6.45, 7) is 7.72. The number of benzene rings is 2. The molecule has 2 atom stereocenters. The van der Waals surface area contributed by atoms with E-state index in [1.54, 1.807) is 12.4 Å². The third-order valence-corrected chi connectivity index (χ3v) is 12.0. The quantitative estimate of drug-likeness (QED) is 0.114. The number of anilines is 2. The number of hydrogen-bond acceptors (Lipinski definition) is 8. The van der Waals surface area contributed by atoms with E-state index in [2.05, 4.69) is 30.4 Å². The first-order chi connectivity index (χ1) is 27.0. The minimum absolute atomic E-state index is 0.294. The lowest BCUT2D eigenvalue weighted by Crippen LogP contribution is -2.24. The molecule has 0 bridgehead atoms. The summed E-state index contributed by atoms with van der Waals surface area (Å²) in [6.07, 6.45) is 9.12. The fourth-order valence-corrected chi connectivity index (χ4v) is 8.40. The predicted octanol–water partition coefficient (Wildman–Crippen LogP) is 6.83. The third-order valence-electron chi connectivity index (χ3n) is 12.0. The van der Waals surface area contributed by atoms with Crippen LogP contribution in [0.15, 0.2) is 60.9 Å². The molecule has 12 nitrogen and oxygen atoms in total. The maximum atomic E-state index is 13.6. The van der Waals surface area contributed by atoms with Crippen molar-refractivity contribution in [1.29, 1.82) is 0 Å². The molecule has 0 spiro atoms. The summed E-state index contributed by atoms with van der Waals surface area (Å²) in [5, 5.41) is 25.0. The molecule has 56 heavy (non-hydrogen) atoms. The number of aliphatic carboxylic acids is 2. The largest absolute Gasteiger partial charge is 0.481 e. The second-order valence-electron chi connectivity index (χ2n) is 16.1. The minimum atomic E-state index is -0.749. The van der Waals surface area contributed by atoms with Crippen LogP contribution in [0.2, 0.25) is 0 Å². The molecule has 4 heterocycles. The number of carbonyl (C=O) groups excluding carboxylic acids is 2. The Morgan fingerprint density at radius 2 is 1.05 bits per heavy atom. The predicted molar refractivity (Wildman–Crippen MR) is 212 cm³/mol. The number of hydrogen-bond donors (Lipinski definition) is 4. The first kappa shape index (κ1) is 37.5. The van der Waals surface area contributed by atoms with Crippen LogP contribution < -0.4 is 10.6 Å². The van der Waals surface area contributed by atoms with Crippen molar-refractivity contribution in [3.05, 3.63) is 106 Å². The lowest BCUT2D eigenvalue weighted by molar-refractivity contribution is -0.142. The molecule has 0 radical (unpaired) electrons. The van der Waals surface area contributed by atoms with Crippen LogP contribution >= 0.6 is 0 Å². The lowest BCUT2D eigenvalue weighted by Gasteiger charge is -2.19. The van der Waals surface area contributed by atoms with E-state index in [1.807, 2.05) is 62.4 Å². The maximum Gasteiger partial charge on any atom is 0.307 e. The number of amides is 2. The second kappa shape index (κ2) is 15.6. The topological polar surface area (TPSA) is 165 Å². The number of nitrogens with zero attached hydrogens (tertiary/aromatic N) is 4. The smallest absolute Gasteiger partial charge is 0.307 e. The van der Waals surface area contributed by atoms with Gasteiger partial charge in [-0.15, -0.1) is 0 Å². The summed E-state index contributed by atoms with van der Waals surface area (Å²) < 4.78 is 0. The first-order valence-corrected chi connectivity index (χ1v) is 19.7. The number of aromatic nitrogens is 2. The summed E-state index contributed by atoms with van der Waals surface area (Å²) in [4.78, 5) is 63.7. The molecule has 4 N–H and O–H groups in total. The van der Waals surface area contributed by atoms with Gasteiger partial charge in [0, 0.05) is 49.9 Å². The van der Waals surface area contributed by atoms with Crippen LogP contribution in [-0.4, -0.2) is 79.9 Å². The first-order valence-electron chi connectivity index (χ1n) is 19.7. The Bertz CT molecular complexity index is 2060. The fourth-order valence-electron chi connectivity index (χ4n) is 8.40. The Kier molecular flexibility index (Phi) is 10.4. The van der Waals surface area contributed by atoms with E-state index in [4.69, 9.17) is 0 Å². The van der Waals surface area contributed by atoms with Crippen LogP contribution in [0.5, 0.6) is 0 Å². The second-order valence-corrected chi connectivity index (χ2v) is 16.1. The van der Waals surface area contributed by atoms with Crippen molar-refractivity contribution in [2.45, 2.75) is 77.3 Å². The highest BCUT2D eigenvalue weighted by Gasteiger charge is 2.33. The average molecular weight is 757 g/mol. The van der Waals surface area contributed by atoms with Gasteiger partial charge in [0.05, 0.1) is 11.8 Å². The Labute approximate surface area is 326 Å². The summed E-state index contributed by atoms with van der Waals surface area (Å²) in [5.41, 5.74) is 10.0. The van der Waals surface area contributed by atoms with E-state index >= 15 is 0 Å². The van der Waals surface area contributed by atoms with Crippen molar-refractivity contribution >= 4 is 35.1 Å². The fraction of sp³-hybridized carbons (Fsp3) is 0.409. The normalized spacial score (nSPS) is 19.9. The van der Waals surface area contributed by atoms with E-state index in [0.29, 0.717) is 73.6 Å². The van der Waals surface area contributed by atoms with E-state index in [9.17, 15) is 29.4 Å². The molecule has 2 saturated heterocycles. The van der Waals surface area contributed by atoms with Crippen LogP contribution in [0.25, 0.3) is 11.1 Å². The average Bonchev–Trinajstić information content (AvgIpc) is 4.11. The molecule has 2 aromatic heterocycles. The van der Waals surface area contributed by atoms with Gasteiger partial charge in [-0.1, -0.05) is 24.3 Å². The Morgan fingerprint density at radius 1 is 0.643 bits per heavy atom. The molecule has 8 rings (SSSR count). The van der Waals surface area contributed by atoms with E-state index < -0.39 is 11.9 Å². The van der Waals surface area contributed by atoms with Crippen molar-refractivity contribution in [3.63, 3.8) is 0 Å². The van der Waals surface area contributed by atoms with Gasteiger partial charge in [-0.3, -0.25) is 38.9 Å². The third kappa shape index (κ3) is 8.08. The molecule has 4 aliphatic rings. The summed E-state index contributed by atoms with van der Waals surface area (Å²) in [7, 11) is 0. The van der Waals surface area contributed by atoms with Crippen molar-refractivity contribution in [1.82, 2.24) is 19.8 Å². The number of likely N-dealkylation sites (tertiary alicyclic amines) is 2. The van der Waals surface area contributed by atoms with Crippen LogP contribution in [0.4, 0.5) is 11.4 Å². The summed E-state index contributed by atoms with van der Waals surface area (Å²) in [6, 6.07) is 15.4. The Morgan fingerprint density at radius 3 is 1.41 bits per heavy atom. The summed E-state index contributed by atoms with van der Waals surface area (Å²) in [5.74, 6) is -1.98. The van der Waals surface area contributed by atoms with Gasteiger partial charge in [0.25, 0.3) is 11.8 Å². The number of carbonyl (C=O) groups is 4. The van der Waals surface area contributed by atoms with E-state index in [0.717, 1.165) is 83.3 Å². The molecule has 4 aromatic rings. The zero-order valence-corrected chi connectivity index (χ0v) is 31.9. The molecular weight excluding hydrogens is 709 g/mol. The van der Waals surface area contributed by atoms with Crippen molar-refractivity contribution in [3.8, 4) is 11.1 Å². The molecular formula is C44H48N6O6. The van der Waals surface area contributed by atoms with Crippen molar-refractivity contribution in [2.24, 2.45) is 11.8 Å². The van der Waals surface area contributed by atoms with Crippen molar-refractivity contribution < 1.29 is 29.4 Å². The molecule has 2 saturated carbocycles. The van der Waals surface area contributed by atoms with Gasteiger partial charge in [-0.25, -0.2) is 0 Å². The van der Waals surface area contributed by atoms with Gasteiger partial charge in [-0.05, 0) is 146 Å². The Balaban J connectivity index is 0.961. The SMILES string of the molecule is Cc1c(NC(=O)c2cc(C3CC3)c(CN3CC[C@@H](C(=O)O)C3)cn2)cccc1-c1cccc(NC(=O)c2cc(C3CC3)c(CN3CC[C@@H](C(=O)O)C3)cn2)c1C. The molecule has 0 unspecified atom stereocenters. The van der Waals surface area contributed by atoms with E-state index in [1.165, 1.54) is 0 Å². The maximum absolute atomic E-state index is 13.6. The van der Waals surface area contributed by atoms with Crippen LogP contribution in [0.3, 0.4) is 0 Å². The van der Waals surface area contributed by atoms with Crippen molar-refractivity contribution in [2.75, 3.05) is 36.8 Å². The zero-order valence-electron chi connectivity index (χ0n) is 31.9. The van der Waals surface area contributed by atoms with Gasteiger partial charge in [0.1, 0.15) is 11.4 Å². The molecule has 290 valence electrons. The monoisotopic (exact) mass is 756 g/mol. The van der Waals surface area contributed by atoms with E-state index in [-0.39, 0.29) is 23.7 Å². The highest BCUT2D eigenvalue weighted by atomic mass is 16.4. The number of carboxylic acid groups (broad SMARTS) is 2. The number of nitrogens with one attached hydrogen (secondary N) is 2. The molecule has 2 aromatic carbocycles. The molecule has 4 fully saturated rings. The van der Waals surface area contributed by atoms with Gasteiger partial charge in [-0.2, -0.15) is 0 Å². The molecule has 2 aliphatic carbocycles. The zero-order chi connectivity index (χ0) is 39.1. The molecule has 2 amide bonds. The van der Waals surface area contributed by atoms with Gasteiger partial charge < -0.3 is 20.8 Å². The number of carboxylic acids is 2. The van der Waals surface area contributed by atoms with Crippen LogP contribution in [-0.2, 0) is 22.7 Å². The highest BCUT2D eigenvalue weighted by molar-refractivity contribution is 6.05. The molecule has 2 aliphatic heterocycles. The summed E-state index contributed by atoms with van der Waals surface area (Å²) >= 11 is 0. The van der Waals surface area contributed by atoms with Gasteiger partial charge >= 0.3 is 11.9 Å². The standard InChI is InChI=1S/C44H48N6O6/c1-25-33(5-3-7-37(25)47-41(51)39-17-35(27-9-10-27)31(19-45-39)23-49-15-13-29(21-49)43(53)54)34-6-4-8-38(26(34)2)48-42(52)40-18-36(28-11-12-28)32(20-46-40)24-50-16-14-30(22-50)44(55)56/h3-8,17-20,27-30H,9-16,21-24H2,1-2H3,(H,47,51)(H,48,52)(H,53,54)(H,55,56)/t29-,30-/m1/s1. The highest BCUT2D eigenvalue weighted by Crippen LogP contribution is 2.43. The van der Waals surface area contributed by atoms with Crippen LogP contribution in [0, 0.1) is 25.7 Å². The lowest BCUT2D eigenvalue weighted by atomic mass is 9.94. The number of rotatable bonds is 13. The minimum Gasteiger partial charge on any atom is -0.481 e. The Hall–Kier alpha value is -5.46. The van der Waals surface area contributed by atoms with Gasteiger partial charge in [0.2, 0.25) is 0 Å². The number of pyridine rings is 2. The van der Waals surface area contributed by atoms with Crippen LogP contribution in [0.1, 0.15) is 105 Å². The molecule has 12 heteroatoms.